The number of aryl methyl sites for hydroxylation is 1. The van der Waals surface area contributed by atoms with E-state index in [4.69, 9.17) is 0 Å². The Bertz CT molecular complexity index is 384. The Labute approximate surface area is 96.2 Å². The Balaban J connectivity index is 2.19. The fraction of sp³-hybridized carbons (Fsp3) is 0.667. The molecule has 0 saturated heterocycles. The average molecular weight is 221 g/mol. The van der Waals surface area contributed by atoms with E-state index in [0.29, 0.717) is 12.1 Å². The van der Waals surface area contributed by atoms with Gasteiger partial charge in [0.2, 0.25) is 0 Å². The molecular weight excluding hydrogens is 202 g/mol. The number of carbonyl (C=O) groups is 1. The highest BCUT2D eigenvalue weighted by atomic mass is 16.1. The van der Waals surface area contributed by atoms with Gasteiger partial charge in [-0.2, -0.15) is 5.10 Å². The number of Topliss-reactive ketones (excluding diaryl/α,β-unsaturated/α-hetero) is 1. The van der Waals surface area contributed by atoms with Gasteiger partial charge in [-0.15, -0.1) is 0 Å². The zero-order chi connectivity index (χ0) is 11.5. The van der Waals surface area contributed by atoms with E-state index in [2.05, 4.69) is 17.0 Å². The zero-order valence-corrected chi connectivity index (χ0v) is 10.1. The normalized spacial score (nSPS) is 16.9. The minimum Gasteiger partial charge on any atom is -0.300 e. The molecule has 0 unspecified atom stereocenters. The number of carbonyl (C=O) groups excluding carboxylic acids is 1. The summed E-state index contributed by atoms with van der Waals surface area (Å²) in [5.74, 6) is 0.172. The SMILES string of the molecule is CCCC(=O)c1cc2n(n1)CCCN(C)C2. The lowest BCUT2D eigenvalue weighted by molar-refractivity contribution is 0.0976. The number of aromatic nitrogens is 2. The summed E-state index contributed by atoms with van der Waals surface area (Å²) >= 11 is 0. The van der Waals surface area contributed by atoms with Gasteiger partial charge in [-0.3, -0.25) is 9.48 Å². The number of hydrogen-bond donors (Lipinski definition) is 0. The van der Waals surface area contributed by atoms with Crippen LogP contribution in [0, 0.1) is 0 Å². The summed E-state index contributed by atoms with van der Waals surface area (Å²) in [6.07, 6.45) is 2.60. The quantitative estimate of drug-likeness (QED) is 0.729. The Morgan fingerprint density at radius 3 is 3.06 bits per heavy atom. The molecule has 1 aromatic heterocycles. The van der Waals surface area contributed by atoms with E-state index in [1.807, 2.05) is 17.7 Å². The third kappa shape index (κ3) is 2.32. The van der Waals surface area contributed by atoms with Crippen molar-refractivity contribution in [2.24, 2.45) is 0 Å². The summed E-state index contributed by atoms with van der Waals surface area (Å²) in [4.78, 5) is 14.0. The van der Waals surface area contributed by atoms with Crippen LogP contribution < -0.4 is 0 Å². The first-order chi connectivity index (χ1) is 7.70. The fourth-order valence-corrected chi connectivity index (χ4v) is 2.11. The minimum atomic E-state index is 0.172. The highest BCUT2D eigenvalue weighted by Gasteiger charge is 2.16. The van der Waals surface area contributed by atoms with Gasteiger partial charge >= 0.3 is 0 Å². The van der Waals surface area contributed by atoms with Gasteiger partial charge in [0.05, 0.1) is 5.69 Å². The van der Waals surface area contributed by atoms with Crippen LogP contribution >= 0.6 is 0 Å². The number of hydrogen-bond acceptors (Lipinski definition) is 3. The smallest absolute Gasteiger partial charge is 0.183 e. The van der Waals surface area contributed by atoms with E-state index in [-0.39, 0.29) is 5.78 Å². The van der Waals surface area contributed by atoms with Gasteiger partial charge in [-0.25, -0.2) is 0 Å². The summed E-state index contributed by atoms with van der Waals surface area (Å²) in [6.45, 7) is 4.94. The Morgan fingerprint density at radius 2 is 2.31 bits per heavy atom. The summed E-state index contributed by atoms with van der Waals surface area (Å²) in [5.41, 5.74) is 1.81. The van der Waals surface area contributed by atoms with Crippen molar-refractivity contribution in [2.75, 3.05) is 13.6 Å². The largest absolute Gasteiger partial charge is 0.300 e. The summed E-state index contributed by atoms with van der Waals surface area (Å²) in [6, 6.07) is 1.96. The van der Waals surface area contributed by atoms with E-state index < -0.39 is 0 Å². The summed E-state index contributed by atoms with van der Waals surface area (Å²) in [7, 11) is 2.11. The third-order valence-corrected chi connectivity index (χ3v) is 2.97. The van der Waals surface area contributed by atoms with E-state index in [1.165, 1.54) is 5.69 Å². The molecule has 0 spiro atoms. The van der Waals surface area contributed by atoms with Crippen molar-refractivity contribution in [3.63, 3.8) is 0 Å². The molecule has 0 amide bonds. The van der Waals surface area contributed by atoms with Crippen molar-refractivity contribution in [1.29, 1.82) is 0 Å². The third-order valence-electron chi connectivity index (χ3n) is 2.97. The van der Waals surface area contributed by atoms with Gasteiger partial charge in [0.15, 0.2) is 5.78 Å². The lowest BCUT2D eigenvalue weighted by atomic mass is 10.2. The maximum Gasteiger partial charge on any atom is 0.183 e. The topological polar surface area (TPSA) is 38.1 Å². The van der Waals surface area contributed by atoms with Gasteiger partial charge in [0.1, 0.15) is 5.69 Å². The molecule has 0 aromatic carbocycles. The standard InChI is InChI=1S/C12H19N3O/c1-3-5-12(16)11-8-10-9-14(2)6-4-7-15(10)13-11/h8H,3-7,9H2,1-2H3. The van der Waals surface area contributed by atoms with Crippen molar-refractivity contribution in [1.82, 2.24) is 14.7 Å². The van der Waals surface area contributed by atoms with Crippen molar-refractivity contribution in [3.8, 4) is 0 Å². The number of fused-ring (bicyclic) bond motifs is 1. The zero-order valence-electron chi connectivity index (χ0n) is 10.1. The predicted octanol–water partition coefficient (Wildman–Crippen LogP) is 1.70. The maximum atomic E-state index is 11.7. The number of rotatable bonds is 3. The van der Waals surface area contributed by atoms with Crippen molar-refractivity contribution >= 4 is 5.78 Å². The molecule has 1 aromatic rings. The first-order valence-corrected chi connectivity index (χ1v) is 5.99. The molecule has 0 saturated carbocycles. The fourth-order valence-electron chi connectivity index (χ4n) is 2.11. The van der Waals surface area contributed by atoms with Crippen molar-refractivity contribution in [3.05, 3.63) is 17.5 Å². The molecule has 0 bridgehead atoms. The Kier molecular flexibility index (Phi) is 3.39. The molecule has 0 N–H and O–H groups in total. The van der Waals surface area contributed by atoms with Crippen molar-refractivity contribution < 1.29 is 4.79 Å². The molecule has 4 nitrogen and oxygen atoms in total. The predicted molar refractivity (Wildman–Crippen MR) is 62.4 cm³/mol. The Hall–Kier alpha value is -1.16. The monoisotopic (exact) mass is 221 g/mol. The Morgan fingerprint density at radius 1 is 1.50 bits per heavy atom. The first-order valence-electron chi connectivity index (χ1n) is 5.99. The second-order valence-electron chi connectivity index (χ2n) is 4.51. The maximum absolute atomic E-state index is 11.7. The van der Waals surface area contributed by atoms with Crippen LogP contribution in [0.3, 0.4) is 0 Å². The number of nitrogens with zero attached hydrogens (tertiary/aromatic N) is 3. The molecule has 0 atom stereocenters. The second-order valence-corrected chi connectivity index (χ2v) is 4.51. The average Bonchev–Trinajstić information content (AvgIpc) is 2.54. The molecule has 88 valence electrons. The highest BCUT2D eigenvalue weighted by Crippen LogP contribution is 2.13. The van der Waals surface area contributed by atoms with Crippen LogP contribution in [0.5, 0.6) is 0 Å². The molecule has 4 heteroatoms. The van der Waals surface area contributed by atoms with Gasteiger partial charge in [-0.05, 0) is 26.0 Å². The van der Waals surface area contributed by atoms with Crippen LogP contribution in [0.4, 0.5) is 0 Å². The molecule has 1 aliphatic heterocycles. The minimum absolute atomic E-state index is 0.172. The van der Waals surface area contributed by atoms with Gasteiger partial charge < -0.3 is 4.90 Å². The van der Waals surface area contributed by atoms with E-state index in [9.17, 15) is 4.79 Å². The lowest BCUT2D eigenvalue weighted by Gasteiger charge is -2.10. The van der Waals surface area contributed by atoms with Crippen molar-refractivity contribution in [2.45, 2.75) is 39.3 Å². The molecule has 16 heavy (non-hydrogen) atoms. The van der Waals surface area contributed by atoms with Gasteiger partial charge in [0, 0.05) is 26.1 Å². The van der Waals surface area contributed by atoms with E-state index >= 15 is 0 Å². The second kappa shape index (κ2) is 4.78. The molecule has 0 aliphatic carbocycles. The summed E-state index contributed by atoms with van der Waals surface area (Å²) < 4.78 is 1.99. The first kappa shape index (κ1) is 11.3. The van der Waals surface area contributed by atoms with Gasteiger partial charge in [-0.1, -0.05) is 6.92 Å². The van der Waals surface area contributed by atoms with Crippen LogP contribution in [0.1, 0.15) is 42.4 Å². The lowest BCUT2D eigenvalue weighted by Crippen LogP contribution is -2.17. The molecular formula is C12H19N3O. The van der Waals surface area contributed by atoms with Gasteiger partial charge in [0.25, 0.3) is 0 Å². The molecule has 0 fully saturated rings. The van der Waals surface area contributed by atoms with Crippen LogP contribution in [-0.2, 0) is 13.1 Å². The van der Waals surface area contributed by atoms with Crippen LogP contribution in [0.25, 0.3) is 0 Å². The molecule has 0 radical (unpaired) electrons. The van der Waals surface area contributed by atoms with E-state index in [0.717, 1.165) is 32.5 Å². The molecule has 2 rings (SSSR count). The molecule has 1 aliphatic rings. The van der Waals surface area contributed by atoms with Crippen LogP contribution in [0.2, 0.25) is 0 Å². The highest BCUT2D eigenvalue weighted by molar-refractivity contribution is 5.94. The summed E-state index contributed by atoms with van der Waals surface area (Å²) in [5, 5.41) is 4.40. The number of ketones is 1. The molecule has 2 heterocycles. The van der Waals surface area contributed by atoms with Crippen LogP contribution in [0.15, 0.2) is 6.07 Å². The van der Waals surface area contributed by atoms with E-state index in [1.54, 1.807) is 0 Å². The van der Waals surface area contributed by atoms with Crippen LogP contribution in [-0.4, -0.2) is 34.1 Å².